The molecule has 0 aromatic rings. The molecule has 0 radical (unpaired) electrons. The van der Waals surface area contributed by atoms with Gasteiger partial charge in [-0.1, -0.05) is 275 Å². The van der Waals surface area contributed by atoms with Crippen LogP contribution in [0.1, 0.15) is 284 Å². The average Bonchev–Trinajstić information content (AvgIpc) is 3.35. The Bertz CT molecular complexity index is 1180. The zero-order valence-electron chi connectivity index (χ0n) is 45.1. The summed E-state index contributed by atoms with van der Waals surface area (Å²) in [5.74, 6) is -0.188. The predicted molar refractivity (Wildman–Crippen MR) is 290 cm³/mol. The smallest absolute Gasteiger partial charge is 0.220 e. The van der Waals surface area contributed by atoms with Gasteiger partial charge in [-0.2, -0.15) is 0 Å². The van der Waals surface area contributed by atoms with Crippen molar-refractivity contribution in [2.45, 2.75) is 326 Å². The number of ether oxygens (including phenoxy) is 2. The summed E-state index contributed by atoms with van der Waals surface area (Å²) < 4.78 is 11.2. The Kier molecular flexibility index (Phi) is 47.4. The summed E-state index contributed by atoms with van der Waals surface area (Å²) >= 11 is 0. The maximum Gasteiger partial charge on any atom is 0.220 e. The summed E-state index contributed by atoms with van der Waals surface area (Å²) in [7, 11) is 0. The summed E-state index contributed by atoms with van der Waals surface area (Å²) in [6, 6.07) is -0.825. The second kappa shape index (κ2) is 50.0. The van der Waals surface area contributed by atoms with Gasteiger partial charge in [0.05, 0.1) is 25.4 Å². The van der Waals surface area contributed by atoms with Gasteiger partial charge in [0.15, 0.2) is 6.29 Å². The van der Waals surface area contributed by atoms with Gasteiger partial charge in [0.1, 0.15) is 24.4 Å². The van der Waals surface area contributed by atoms with E-state index in [-0.39, 0.29) is 12.5 Å². The number of amides is 1. The lowest BCUT2D eigenvalue weighted by molar-refractivity contribution is -0.302. The molecule has 1 saturated heterocycles. The van der Waals surface area contributed by atoms with Crippen LogP contribution in [0.25, 0.3) is 0 Å². The molecule has 1 heterocycles. The lowest BCUT2D eigenvalue weighted by Crippen LogP contribution is -2.60. The van der Waals surface area contributed by atoms with E-state index < -0.39 is 49.5 Å². The van der Waals surface area contributed by atoms with Crippen LogP contribution in [0.4, 0.5) is 0 Å². The minimum atomic E-state index is -1.57. The molecular weight excluding hydrogens is 863 g/mol. The highest BCUT2D eigenvalue weighted by Gasteiger charge is 2.44. The second-order valence-corrected chi connectivity index (χ2v) is 20.8. The molecule has 1 fully saturated rings. The van der Waals surface area contributed by atoms with E-state index in [1.807, 2.05) is 6.08 Å². The molecule has 0 aromatic heterocycles. The number of unbranched alkanes of at least 4 members (excludes halogenated alkanes) is 37. The Balaban J connectivity index is 2.07. The van der Waals surface area contributed by atoms with Gasteiger partial charge >= 0.3 is 0 Å². The van der Waals surface area contributed by atoms with Gasteiger partial charge in [-0.05, 0) is 38.5 Å². The number of hydrogen-bond acceptors (Lipinski definition) is 8. The topological polar surface area (TPSA) is 149 Å². The molecule has 1 amide bonds. The molecule has 406 valence electrons. The molecule has 69 heavy (non-hydrogen) atoms. The van der Waals surface area contributed by atoms with Crippen LogP contribution in [-0.4, -0.2) is 87.5 Å². The summed E-state index contributed by atoms with van der Waals surface area (Å²) in [6.07, 6.45) is 58.3. The molecule has 1 rings (SSSR count). The van der Waals surface area contributed by atoms with E-state index in [2.05, 4.69) is 43.5 Å². The number of allylic oxidation sites excluding steroid dienone is 5. The fourth-order valence-corrected chi connectivity index (χ4v) is 9.47. The van der Waals surface area contributed by atoms with Crippen molar-refractivity contribution in [1.82, 2.24) is 5.32 Å². The van der Waals surface area contributed by atoms with Crippen LogP contribution in [0.3, 0.4) is 0 Å². The molecule has 1 aliphatic heterocycles. The molecule has 1 aliphatic rings. The number of nitrogens with one attached hydrogen (secondary N) is 1. The van der Waals surface area contributed by atoms with Gasteiger partial charge in [-0.25, -0.2) is 0 Å². The van der Waals surface area contributed by atoms with E-state index in [9.17, 15) is 30.3 Å². The molecule has 0 saturated carbocycles. The van der Waals surface area contributed by atoms with Crippen LogP contribution >= 0.6 is 0 Å². The number of carbonyl (C=O) groups excluding carboxylic acids is 1. The lowest BCUT2D eigenvalue weighted by atomic mass is 9.99. The Labute approximate surface area is 425 Å². The fraction of sp³-hybridized carbons (Fsp3) is 0.883. The Hall–Kier alpha value is -1.59. The molecule has 9 heteroatoms. The molecule has 0 aliphatic carbocycles. The van der Waals surface area contributed by atoms with E-state index >= 15 is 0 Å². The first-order valence-electron chi connectivity index (χ1n) is 29.7. The Morgan fingerprint density at radius 3 is 1.20 bits per heavy atom. The highest BCUT2D eigenvalue weighted by Crippen LogP contribution is 2.23. The van der Waals surface area contributed by atoms with E-state index in [0.29, 0.717) is 6.42 Å². The third-order valence-electron chi connectivity index (χ3n) is 14.2. The number of aliphatic hydroxyl groups is 5. The van der Waals surface area contributed by atoms with Gasteiger partial charge in [0, 0.05) is 6.42 Å². The van der Waals surface area contributed by atoms with Crippen LogP contribution in [0.2, 0.25) is 0 Å². The molecule has 0 bridgehead atoms. The van der Waals surface area contributed by atoms with Crippen LogP contribution in [-0.2, 0) is 14.3 Å². The third kappa shape index (κ3) is 39.6. The summed E-state index contributed by atoms with van der Waals surface area (Å²) in [4.78, 5) is 13.0. The van der Waals surface area contributed by atoms with E-state index in [1.54, 1.807) is 6.08 Å². The van der Waals surface area contributed by atoms with E-state index in [0.717, 1.165) is 51.4 Å². The second-order valence-electron chi connectivity index (χ2n) is 20.8. The van der Waals surface area contributed by atoms with Crippen molar-refractivity contribution in [1.29, 1.82) is 0 Å². The number of hydrogen-bond donors (Lipinski definition) is 6. The zero-order valence-corrected chi connectivity index (χ0v) is 45.1. The maximum atomic E-state index is 13.0. The van der Waals surface area contributed by atoms with Crippen LogP contribution < -0.4 is 5.32 Å². The largest absolute Gasteiger partial charge is 0.394 e. The van der Waals surface area contributed by atoms with Crippen molar-refractivity contribution >= 4 is 5.91 Å². The fourth-order valence-electron chi connectivity index (χ4n) is 9.47. The van der Waals surface area contributed by atoms with Gasteiger partial charge < -0.3 is 40.3 Å². The van der Waals surface area contributed by atoms with E-state index in [1.165, 1.54) is 212 Å². The average molecular weight is 977 g/mol. The van der Waals surface area contributed by atoms with Gasteiger partial charge in [-0.3, -0.25) is 4.79 Å². The van der Waals surface area contributed by atoms with Crippen LogP contribution in [0, 0.1) is 0 Å². The first-order chi connectivity index (χ1) is 33.8. The summed E-state index contributed by atoms with van der Waals surface area (Å²) in [5, 5.41) is 54.3. The molecule has 0 spiro atoms. The Morgan fingerprint density at radius 1 is 0.478 bits per heavy atom. The van der Waals surface area contributed by atoms with Gasteiger partial charge in [0.25, 0.3) is 0 Å². The number of rotatable bonds is 51. The minimum Gasteiger partial charge on any atom is -0.394 e. The quantitative estimate of drug-likeness (QED) is 0.0261. The molecule has 7 atom stereocenters. The van der Waals surface area contributed by atoms with Crippen molar-refractivity contribution in [2.24, 2.45) is 0 Å². The van der Waals surface area contributed by atoms with Crippen molar-refractivity contribution in [3.8, 4) is 0 Å². The van der Waals surface area contributed by atoms with Crippen LogP contribution in [0.15, 0.2) is 36.5 Å². The molecule has 7 unspecified atom stereocenters. The van der Waals surface area contributed by atoms with Gasteiger partial charge in [-0.15, -0.1) is 0 Å². The third-order valence-corrected chi connectivity index (χ3v) is 14.2. The maximum absolute atomic E-state index is 13.0. The summed E-state index contributed by atoms with van der Waals surface area (Å²) in [5.41, 5.74) is 0. The normalized spacial score (nSPS) is 19.7. The molecule has 0 aromatic carbocycles. The molecule has 9 nitrogen and oxygen atoms in total. The van der Waals surface area contributed by atoms with Gasteiger partial charge in [0.2, 0.25) is 5.91 Å². The summed E-state index contributed by atoms with van der Waals surface area (Å²) in [6.45, 7) is 3.73. The first-order valence-corrected chi connectivity index (χ1v) is 29.7. The Morgan fingerprint density at radius 2 is 0.826 bits per heavy atom. The molecule has 6 N–H and O–H groups in total. The van der Waals surface area contributed by atoms with Crippen molar-refractivity contribution in [3.05, 3.63) is 36.5 Å². The zero-order chi connectivity index (χ0) is 50.1. The van der Waals surface area contributed by atoms with E-state index in [4.69, 9.17) is 9.47 Å². The predicted octanol–water partition coefficient (Wildman–Crippen LogP) is 14.7. The standard InChI is InChI=1S/C60H113NO8/c1-3-5-7-9-11-13-15-17-18-19-20-21-22-23-24-25-26-27-28-29-30-31-32-33-34-35-36-37-38-40-42-44-46-48-50-56(64)61-53(52-68-60-59(67)58(66)57(65)55(51-62)69-60)54(63)49-47-45-43-41-39-16-14-12-10-8-6-4-2/h10,12,39,41,47,49,53-55,57-60,62-63,65-67H,3-9,11,13-38,40,42-46,48,50-52H2,1-2H3,(H,61,64)/b12-10+,41-39+,49-47+. The monoisotopic (exact) mass is 976 g/mol. The lowest BCUT2D eigenvalue weighted by Gasteiger charge is -2.40. The molecular formula is C60H113NO8. The first kappa shape index (κ1) is 65.4. The van der Waals surface area contributed by atoms with Crippen molar-refractivity contribution < 1.29 is 39.8 Å². The van der Waals surface area contributed by atoms with Crippen LogP contribution in [0.5, 0.6) is 0 Å². The number of aliphatic hydroxyl groups excluding tert-OH is 5. The minimum absolute atomic E-state index is 0.188. The van der Waals surface area contributed by atoms with Crippen molar-refractivity contribution in [3.63, 3.8) is 0 Å². The van der Waals surface area contributed by atoms with Crippen molar-refractivity contribution in [2.75, 3.05) is 13.2 Å². The number of carbonyl (C=O) groups is 1. The SMILES string of the molecule is CCCC/C=C/CC/C=C/CC/C=C/C(O)C(COC1OC(CO)C(O)C(O)C1O)NC(=O)CCCCCCCCCCCCCCCCCCCCCCCCCCCCCCCCCCCC. The highest BCUT2D eigenvalue weighted by atomic mass is 16.7. The highest BCUT2D eigenvalue weighted by molar-refractivity contribution is 5.76.